The average molecular weight is 266 g/mol. The van der Waals surface area contributed by atoms with E-state index in [1.165, 1.54) is 6.33 Å². The van der Waals surface area contributed by atoms with E-state index >= 15 is 0 Å². The summed E-state index contributed by atoms with van der Waals surface area (Å²) in [5, 5.41) is 2.64. The van der Waals surface area contributed by atoms with Crippen LogP contribution in [0.4, 0.5) is 11.6 Å². The van der Waals surface area contributed by atoms with Crippen molar-refractivity contribution in [2.75, 3.05) is 37.1 Å². The molecule has 0 saturated carbocycles. The fraction of sp³-hybridized carbons (Fsp3) is 0.545. The maximum Gasteiger partial charge on any atom is 0.244 e. The fourth-order valence-corrected chi connectivity index (χ4v) is 2.12. The van der Waals surface area contributed by atoms with Crippen LogP contribution in [0.5, 0.6) is 0 Å². The number of nitrogen functional groups attached to an aromatic ring is 1. The molecule has 2 heterocycles. The Morgan fingerprint density at radius 3 is 3.05 bits per heavy atom. The summed E-state index contributed by atoms with van der Waals surface area (Å²) in [5.41, 5.74) is 3.33. The number of anilines is 2. The minimum Gasteiger partial charge on any atom is -0.377 e. The third-order valence-electron chi connectivity index (χ3n) is 3.14. The van der Waals surface area contributed by atoms with Crippen molar-refractivity contribution in [2.45, 2.75) is 13.0 Å². The summed E-state index contributed by atoms with van der Waals surface area (Å²) in [6.45, 7) is 3.36. The van der Waals surface area contributed by atoms with Crippen LogP contribution in [0, 0.1) is 6.92 Å². The van der Waals surface area contributed by atoms with E-state index in [-0.39, 0.29) is 5.91 Å². The monoisotopic (exact) mass is 266 g/mol. The Morgan fingerprint density at radius 2 is 2.37 bits per heavy atom. The molecule has 1 atom stereocenters. The lowest BCUT2D eigenvalue weighted by atomic mass is 10.2. The lowest BCUT2D eigenvalue weighted by Gasteiger charge is -2.36. The summed E-state index contributed by atoms with van der Waals surface area (Å²) < 4.78 is 5.37. The van der Waals surface area contributed by atoms with Gasteiger partial charge in [-0.15, -0.1) is 0 Å². The molecular weight excluding hydrogens is 248 g/mol. The van der Waals surface area contributed by atoms with Crippen LogP contribution in [0.15, 0.2) is 6.33 Å². The first-order valence-corrected chi connectivity index (χ1v) is 6.03. The van der Waals surface area contributed by atoms with Gasteiger partial charge in [-0.05, 0) is 6.92 Å². The van der Waals surface area contributed by atoms with Crippen LogP contribution < -0.4 is 21.5 Å². The topological polar surface area (TPSA) is 105 Å². The molecule has 104 valence electrons. The summed E-state index contributed by atoms with van der Waals surface area (Å²) in [5.74, 6) is 6.55. The van der Waals surface area contributed by atoms with Gasteiger partial charge in [0.15, 0.2) is 0 Å². The highest BCUT2D eigenvalue weighted by atomic mass is 16.5. The van der Waals surface area contributed by atoms with Crippen molar-refractivity contribution in [1.82, 2.24) is 15.3 Å². The third-order valence-corrected chi connectivity index (χ3v) is 3.14. The molecule has 1 aliphatic rings. The van der Waals surface area contributed by atoms with Gasteiger partial charge in [-0.1, -0.05) is 0 Å². The Balaban J connectivity index is 2.35. The van der Waals surface area contributed by atoms with Gasteiger partial charge in [0.1, 0.15) is 24.0 Å². The molecule has 1 fully saturated rings. The molecule has 8 nitrogen and oxygen atoms in total. The zero-order valence-electron chi connectivity index (χ0n) is 11.0. The van der Waals surface area contributed by atoms with Crippen LogP contribution in [-0.2, 0) is 9.53 Å². The smallest absolute Gasteiger partial charge is 0.244 e. The summed E-state index contributed by atoms with van der Waals surface area (Å²) >= 11 is 0. The molecule has 1 aromatic rings. The van der Waals surface area contributed by atoms with E-state index in [2.05, 4.69) is 20.7 Å². The Kier molecular flexibility index (Phi) is 4.13. The molecule has 1 aliphatic heterocycles. The Labute approximate surface area is 111 Å². The largest absolute Gasteiger partial charge is 0.377 e. The maximum absolute atomic E-state index is 11.9. The first kappa shape index (κ1) is 13.5. The van der Waals surface area contributed by atoms with Crippen LogP contribution in [0.1, 0.15) is 5.56 Å². The van der Waals surface area contributed by atoms with E-state index in [4.69, 9.17) is 10.6 Å². The number of hydrazine groups is 1. The van der Waals surface area contributed by atoms with Crippen molar-refractivity contribution < 1.29 is 9.53 Å². The second kappa shape index (κ2) is 5.81. The lowest BCUT2D eigenvalue weighted by Crippen LogP contribution is -2.54. The summed E-state index contributed by atoms with van der Waals surface area (Å²) in [6.07, 6.45) is 1.42. The molecule has 1 aromatic heterocycles. The highest BCUT2D eigenvalue weighted by Gasteiger charge is 2.31. The number of carbonyl (C=O) groups excluding carboxylic acids is 1. The molecular formula is C11H18N6O2. The normalized spacial score (nSPS) is 19.1. The minimum absolute atomic E-state index is 0.0973. The van der Waals surface area contributed by atoms with Gasteiger partial charge < -0.3 is 20.4 Å². The highest BCUT2D eigenvalue weighted by Crippen LogP contribution is 2.24. The number of hydrogen-bond acceptors (Lipinski definition) is 7. The van der Waals surface area contributed by atoms with Crippen molar-refractivity contribution >= 4 is 17.5 Å². The number of aromatic nitrogens is 2. The van der Waals surface area contributed by atoms with Crippen LogP contribution in [-0.4, -0.2) is 48.7 Å². The van der Waals surface area contributed by atoms with Gasteiger partial charge in [0, 0.05) is 19.2 Å². The fourth-order valence-electron chi connectivity index (χ4n) is 2.12. The molecule has 8 heteroatoms. The zero-order chi connectivity index (χ0) is 13.8. The van der Waals surface area contributed by atoms with E-state index in [0.29, 0.717) is 31.4 Å². The maximum atomic E-state index is 11.9. The molecule has 0 aliphatic carbocycles. The number of hydrogen-bond donors (Lipinski definition) is 3. The SMILES string of the molecule is CNC(=O)C1COCCN1c1ncnc(NN)c1C. The molecule has 1 amide bonds. The number of likely N-dealkylation sites (N-methyl/N-ethyl adjacent to an activating group) is 1. The van der Waals surface area contributed by atoms with Crippen LogP contribution in [0.2, 0.25) is 0 Å². The van der Waals surface area contributed by atoms with Crippen LogP contribution in [0.25, 0.3) is 0 Å². The minimum atomic E-state index is -0.391. The second-order valence-corrected chi connectivity index (χ2v) is 4.21. The molecule has 4 N–H and O–H groups in total. The Hall–Kier alpha value is -1.93. The molecule has 0 spiro atoms. The van der Waals surface area contributed by atoms with Crippen LogP contribution in [0.3, 0.4) is 0 Å². The number of ether oxygens (including phenoxy) is 1. The summed E-state index contributed by atoms with van der Waals surface area (Å²) in [4.78, 5) is 22.1. The quantitative estimate of drug-likeness (QED) is 0.477. The molecule has 0 radical (unpaired) electrons. The van der Waals surface area contributed by atoms with Crippen molar-refractivity contribution in [3.8, 4) is 0 Å². The predicted octanol–water partition coefficient (Wildman–Crippen LogP) is -0.978. The summed E-state index contributed by atoms with van der Waals surface area (Å²) in [7, 11) is 1.61. The number of nitrogens with two attached hydrogens (primary N) is 1. The molecule has 19 heavy (non-hydrogen) atoms. The van der Waals surface area contributed by atoms with Gasteiger partial charge in [0.25, 0.3) is 0 Å². The standard InChI is InChI=1S/C11H18N6O2/c1-7-9(16-12)14-6-15-10(7)17-3-4-19-5-8(17)11(18)13-2/h6,8H,3-5,12H2,1-2H3,(H,13,18)(H,14,15,16). The van der Waals surface area contributed by atoms with Crippen molar-refractivity contribution in [1.29, 1.82) is 0 Å². The number of rotatable bonds is 3. The zero-order valence-corrected chi connectivity index (χ0v) is 11.0. The van der Waals surface area contributed by atoms with Gasteiger partial charge in [0.2, 0.25) is 5.91 Å². The van der Waals surface area contributed by atoms with Gasteiger partial charge in [-0.25, -0.2) is 15.8 Å². The summed E-state index contributed by atoms with van der Waals surface area (Å²) in [6, 6.07) is -0.391. The van der Waals surface area contributed by atoms with Gasteiger partial charge in [-0.2, -0.15) is 0 Å². The average Bonchev–Trinajstić information content (AvgIpc) is 2.47. The second-order valence-electron chi connectivity index (χ2n) is 4.21. The van der Waals surface area contributed by atoms with Crippen molar-refractivity contribution in [3.63, 3.8) is 0 Å². The molecule has 2 rings (SSSR count). The highest BCUT2D eigenvalue weighted by molar-refractivity contribution is 5.85. The number of morpholine rings is 1. The van der Waals surface area contributed by atoms with E-state index < -0.39 is 6.04 Å². The number of carbonyl (C=O) groups is 1. The molecule has 0 aromatic carbocycles. The Morgan fingerprint density at radius 1 is 1.58 bits per heavy atom. The van der Waals surface area contributed by atoms with E-state index in [1.54, 1.807) is 7.05 Å². The number of amides is 1. The number of nitrogens with one attached hydrogen (secondary N) is 2. The van der Waals surface area contributed by atoms with Crippen molar-refractivity contribution in [2.24, 2.45) is 5.84 Å². The van der Waals surface area contributed by atoms with Crippen LogP contribution >= 0.6 is 0 Å². The van der Waals surface area contributed by atoms with E-state index in [1.807, 2.05) is 11.8 Å². The van der Waals surface area contributed by atoms with Gasteiger partial charge in [0.05, 0.1) is 13.2 Å². The molecule has 1 unspecified atom stereocenters. The lowest BCUT2D eigenvalue weighted by molar-refractivity contribution is -0.124. The van der Waals surface area contributed by atoms with Gasteiger partial charge in [-0.3, -0.25) is 4.79 Å². The van der Waals surface area contributed by atoms with E-state index in [0.717, 1.165) is 5.56 Å². The molecule has 1 saturated heterocycles. The van der Waals surface area contributed by atoms with Gasteiger partial charge >= 0.3 is 0 Å². The van der Waals surface area contributed by atoms with Crippen molar-refractivity contribution in [3.05, 3.63) is 11.9 Å². The third kappa shape index (κ3) is 2.59. The van der Waals surface area contributed by atoms with E-state index in [9.17, 15) is 4.79 Å². The first-order valence-electron chi connectivity index (χ1n) is 6.03. The number of nitrogens with zero attached hydrogens (tertiary/aromatic N) is 3. The first-order chi connectivity index (χ1) is 9.19. The molecule has 0 bridgehead atoms. The Bertz CT molecular complexity index is 466. The predicted molar refractivity (Wildman–Crippen MR) is 70.6 cm³/mol.